The standard InChI is InChI=1S/C20H22F2N4O3/c1-3-7-14(23)16-12(2)20(21,22)18(29-16)26-11-10-15(25-19(26)28)24-17(27)13-8-5-4-6-9-13/h3-6,8-12,14,16,18H,1,7,23H2,2H3,(H,24,25,27,28)/t12-,14?,16+,18-/m1/s1. The second-order valence-electron chi connectivity index (χ2n) is 6.93. The fourth-order valence-electron chi connectivity index (χ4n) is 3.29. The minimum absolute atomic E-state index is 0.0469. The first kappa shape index (κ1) is 20.8. The zero-order valence-electron chi connectivity index (χ0n) is 15.8. The lowest BCUT2D eigenvalue weighted by Gasteiger charge is -2.22. The molecule has 3 rings (SSSR count). The summed E-state index contributed by atoms with van der Waals surface area (Å²) in [6.07, 6.45) is 0.178. The minimum atomic E-state index is -3.33. The van der Waals surface area contributed by atoms with E-state index in [9.17, 15) is 18.4 Å². The van der Waals surface area contributed by atoms with Gasteiger partial charge < -0.3 is 15.8 Å². The topological polar surface area (TPSA) is 99.2 Å². The number of aromatic nitrogens is 2. The Kier molecular flexibility index (Phi) is 5.90. The number of ether oxygens (including phenoxy) is 1. The Hall–Kier alpha value is -2.91. The minimum Gasteiger partial charge on any atom is -0.346 e. The third-order valence-electron chi connectivity index (χ3n) is 4.94. The molecule has 1 aromatic heterocycles. The van der Waals surface area contributed by atoms with Gasteiger partial charge in [0.15, 0.2) is 0 Å². The van der Waals surface area contributed by atoms with E-state index in [2.05, 4.69) is 16.9 Å². The summed E-state index contributed by atoms with van der Waals surface area (Å²) in [5.74, 6) is -5.05. The lowest BCUT2D eigenvalue weighted by molar-refractivity contribution is -0.126. The maximum atomic E-state index is 14.8. The Morgan fingerprint density at radius 1 is 1.41 bits per heavy atom. The Morgan fingerprint density at radius 2 is 2.10 bits per heavy atom. The lowest BCUT2D eigenvalue weighted by Crippen LogP contribution is -2.40. The molecule has 9 heteroatoms. The molecule has 2 aromatic rings. The first-order valence-corrected chi connectivity index (χ1v) is 9.11. The van der Waals surface area contributed by atoms with Crippen LogP contribution in [0.1, 0.15) is 29.9 Å². The van der Waals surface area contributed by atoms with Gasteiger partial charge in [-0.2, -0.15) is 4.98 Å². The van der Waals surface area contributed by atoms with Crippen LogP contribution in [0.2, 0.25) is 0 Å². The largest absolute Gasteiger partial charge is 0.351 e. The number of nitrogens with two attached hydrogens (primary N) is 1. The normalized spacial score (nSPS) is 24.1. The molecule has 154 valence electrons. The second-order valence-corrected chi connectivity index (χ2v) is 6.93. The van der Waals surface area contributed by atoms with Gasteiger partial charge in [-0.15, -0.1) is 6.58 Å². The van der Waals surface area contributed by atoms with Gasteiger partial charge in [0, 0.05) is 17.8 Å². The highest BCUT2D eigenvalue weighted by molar-refractivity contribution is 6.03. The molecule has 0 radical (unpaired) electrons. The predicted octanol–water partition coefficient (Wildman–Crippen LogP) is 2.57. The van der Waals surface area contributed by atoms with Crippen molar-refractivity contribution >= 4 is 11.7 Å². The van der Waals surface area contributed by atoms with Crippen LogP contribution in [0.4, 0.5) is 14.6 Å². The van der Waals surface area contributed by atoms with Crippen molar-refractivity contribution in [3.05, 3.63) is 71.3 Å². The maximum absolute atomic E-state index is 14.8. The molecule has 1 saturated heterocycles. The molecule has 2 heterocycles. The van der Waals surface area contributed by atoms with Crippen LogP contribution < -0.4 is 16.7 Å². The van der Waals surface area contributed by atoms with Crippen molar-refractivity contribution in [1.29, 1.82) is 0 Å². The number of carbonyl (C=O) groups is 1. The summed E-state index contributed by atoms with van der Waals surface area (Å²) < 4.78 is 35.8. The Morgan fingerprint density at radius 3 is 2.72 bits per heavy atom. The molecule has 3 N–H and O–H groups in total. The van der Waals surface area contributed by atoms with Crippen LogP contribution in [0.25, 0.3) is 0 Å². The van der Waals surface area contributed by atoms with Crippen LogP contribution in [0.3, 0.4) is 0 Å². The van der Waals surface area contributed by atoms with Crippen molar-refractivity contribution in [2.24, 2.45) is 11.7 Å². The van der Waals surface area contributed by atoms with Gasteiger partial charge in [0.25, 0.3) is 11.8 Å². The van der Waals surface area contributed by atoms with E-state index in [1.54, 1.807) is 30.3 Å². The van der Waals surface area contributed by atoms with Gasteiger partial charge in [-0.1, -0.05) is 31.2 Å². The number of alkyl halides is 2. The average Bonchev–Trinajstić information content (AvgIpc) is 2.93. The lowest BCUT2D eigenvalue weighted by atomic mass is 9.93. The predicted molar refractivity (Wildman–Crippen MR) is 104 cm³/mol. The molecule has 4 atom stereocenters. The highest BCUT2D eigenvalue weighted by atomic mass is 19.3. The number of benzene rings is 1. The van der Waals surface area contributed by atoms with E-state index in [1.807, 2.05) is 0 Å². The van der Waals surface area contributed by atoms with Gasteiger partial charge in [-0.3, -0.25) is 9.36 Å². The number of hydrogen-bond donors (Lipinski definition) is 2. The summed E-state index contributed by atoms with van der Waals surface area (Å²) in [5.41, 5.74) is 5.34. The van der Waals surface area contributed by atoms with Crippen molar-refractivity contribution < 1.29 is 18.3 Å². The molecule has 0 bridgehead atoms. The van der Waals surface area contributed by atoms with Crippen LogP contribution in [-0.2, 0) is 4.74 Å². The van der Waals surface area contributed by atoms with Gasteiger partial charge in [-0.05, 0) is 24.6 Å². The summed E-state index contributed by atoms with van der Waals surface area (Å²) in [4.78, 5) is 28.2. The Labute approximate surface area is 166 Å². The van der Waals surface area contributed by atoms with Crippen molar-refractivity contribution in [2.45, 2.75) is 37.6 Å². The van der Waals surface area contributed by atoms with E-state index < -0.39 is 41.8 Å². The van der Waals surface area contributed by atoms with Gasteiger partial charge in [0.2, 0.25) is 6.23 Å². The van der Waals surface area contributed by atoms with E-state index in [4.69, 9.17) is 10.5 Å². The molecule has 1 aliphatic rings. The zero-order valence-corrected chi connectivity index (χ0v) is 15.8. The summed E-state index contributed by atoms with van der Waals surface area (Å²) in [5, 5.41) is 2.47. The number of hydrogen-bond acceptors (Lipinski definition) is 5. The molecule has 0 spiro atoms. The molecular weight excluding hydrogens is 382 g/mol. The van der Waals surface area contributed by atoms with Gasteiger partial charge in [0.05, 0.1) is 12.0 Å². The molecule has 7 nitrogen and oxygen atoms in total. The molecule has 1 aromatic carbocycles. The quantitative estimate of drug-likeness (QED) is 0.721. The van der Waals surface area contributed by atoms with E-state index in [0.717, 1.165) is 10.8 Å². The zero-order chi connectivity index (χ0) is 21.2. The number of carbonyl (C=O) groups excluding carboxylic acids is 1. The highest BCUT2D eigenvalue weighted by Gasteiger charge is 2.58. The first-order chi connectivity index (χ1) is 13.8. The van der Waals surface area contributed by atoms with Crippen LogP contribution in [-0.4, -0.2) is 33.5 Å². The summed E-state index contributed by atoms with van der Waals surface area (Å²) in [6.45, 7) is 4.89. The average molecular weight is 404 g/mol. The van der Waals surface area contributed by atoms with Crippen molar-refractivity contribution in [3.63, 3.8) is 0 Å². The fourth-order valence-corrected chi connectivity index (χ4v) is 3.29. The van der Waals surface area contributed by atoms with Gasteiger partial charge in [-0.25, -0.2) is 13.6 Å². The molecule has 1 amide bonds. The number of anilines is 1. The van der Waals surface area contributed by atoms with Crippen LogP contribution in [0, 0.1) is 5.92 Å². The first-order valence-electron chi connectivity index (χ1n) is 9.11. The number of halogens is 2. The van der Waals surface area contributed by atoms with Gasteiger partial charge >= 0.3 is 5.69 Å². The molecule has 0 aliphatic carbocycles. The van der Waals surface area contributed by atoms with Crippen LogP contribution >= 0.6 is 0 Å². The summed E-state index contributed by atoms with van der Waals surface area (Å²) in [7, 11) is 0. The Balaban J connectivity index is 1.82. The second kappa shape index (κ2) is 8.22. The number of amides is 1. The highest BCUT2D eigenvalue weighted by Crippen LogP contribution is 2.47. The molecular formula is C20H22F2N4O3. The maximum Gasteiger partial charge on any atom is 0.351 e. The molecule has 1 fully saturated rings. The summed E-state index contributed by atoms with van der Waals surface area (Å²) in [6, 6.07) is 8.92. The number of rotatable bonds is 6. The van der Waals surface area contributed by atoms with E-state index in [-0.39, 0.29) is 5.82 Å². The van der Waals surface area contributed by atoms with Crippen molar-refractivity contribution in [1.82, 2.24) is 9.55 Å². The third kappa shape index (κ3) is 4.10. The smallest absolute Gasteiger partial charge is 0.346 e. The third-order valence-corrected chi connectivity index (χ3v) is 4.94. The van der Waals surface area contributed by atoms with E-state index in [0.29, 0.717) is 12.0 Å². The fraction of sp³-hybridized carbons (Fsp3) is 0.350. The van der Waals surface area contributed by atoms with E-state index in [1.165, 1.54) is 19.1 Å². The SMILES string of the molecule is C=CCC(N)[C@H]1O[C@@H](n2ccc(NC(=O)c3ccccc3)nc2=O)C(F)(F)[C@@H]1C. The van der Waals surface area contributed by atoms with Crippen molar-refractivity contribution in [3.8, 4) is 0 Å². The van der Waals surface area contributed by atoms with E-state index >= 15 is 0 Å². The number of nitrogens with one attached hydrogen (secondary N) is 1. The monoisotopic (exact) mass is 404 g/mol. The van der Waals surface area contributed by atoms with Crippen molar-refractivity contribution in [2.75, 3.05) is 5.32 Å². The number of nitrogens with zero attached hydrogens (tertiary/aromatic N) is 2. The van der Waals surface area contributed by atoms with Crippen LogP contribution in [0.15, 0.2) is 60.0 Å². The molecule has 1 aliphatic heterocycles. The van der Waals surface area contributed by atoms with Crippen LogP contribution in [0.5, 0.6) is 0 Å². The molecule has 29 heavy (non-hydrogen) atoms. The summed E-state index contributed by atoms with van der Waals surface area (Å²) >= 11 is 0. The van der Waals surface area contributed by atoms with Gasteiger partial charge in [0.1, 0.15) is 5.82 Å². The molecule has 0 saturated carbocycles. The Bertz CT molecular complexity index is 948. The molecule has 1 unspecified atom stereocenters.